The van der Waals surface area contributed by atoms with Gasteiger partial charge >= 0.3 is 5.97 Å². The molecule has 2 atom stereocenters. The summed E-state index contributed by atoms with van der Waals surface area (Å²) in [6, 6.07) is 0. The molecule has 0 radical (unpaired) electrons. The predicted octanol–water partition coefficient (Wildman–Crippen LogP) is 2.75. The molecule has 0 spiro atoms. The Labute approximate surface area is 110 Å². The van der Waals surface area contributed by atoms with E-state index in [0.717, 1.165) is 5.76 Å². The van der Waals surface area contributed by atoms with Gasteiger partial charge < -0.3 is 14.6 Å². The number of hydrogen-bond donors (Lipinski definition) is 2. The average Bonchev–Trinajstić information content (AvgIpc) is 2.26. The molecular weight excluding hydrogens is 248 g/mol. The maximum atomic E-state index is 11.4. The number of carboxylic acid groups (broad SMARTS) is 1. The van der Waals surface area contributed by atoms with Crippen LogP contribution in [0.5, 0.6) is 0 Å². The van der Waals surface area contributed by atoms with E-state index >= 15 is 0 Å². The van der Waals surface area contributed by atoms with E-state index in [9.17, 15) is 15.0 Å². The molecular formula is C13H24O4Si. The van der Waals surface area contributed by atoms with Gasteiger partial charge in [-0.15, -0.1) is 0 Å². The van der Waals surface area contributed by atoms with Crippen molar-refractivity contribution in [3.63, 3.8) is 0 Å². The van der Waals surface area contributed by atoms with Crippen LogP contribution in [0.1, 0.15) is 32.6 Å². The highest BCUT2D eigenvalue weighted by Gasteiger charge is 2.45. The van der Waals surface area contributed by atoms with E-state index in [1.165, 1.54) is 0 Å². The van der Waals surface area contributed by atoms with E-state index in [1.54, 1.807) is 0 Å². The van der Waals surface area contributed by atoms with Gasteiger partial charge in [-0.3, -0.25) is 4.79 Å². The first-order valence-corrected chi connectivity index (χ1v) is 9.91. The van der Waals surface area contributed by atoms with Crippen LogP contribution in [0.15, 0.2) is 11.8 Å². The molecule has 0 aliphatic heterocycles. The van der Waals surface area contributed by atoms with E-state index in [-0.39, 0.29) is 0 Å². The van der Waals surface area contributed by atoms with Gasteiger partial charge in [-0.1, -0.05) is 6.92 Å². The smallest absolute Gasteiger partial charge is 0.312 e. The van der Waals surface area contributed by atoms with Crippen molar-refractivity contribution in [3.05, 3.63) is 11.8 Å². The monoisotopic (exact) mass is 272 g/mol. The zero-order chi connectivity index (χ0) is 14.0. The molecule has 1 aliphatic carbocycles. The van der Waals surface area contributed by atoms with Gasteiger partial charge in [-0.2, -0.15) is 0 Å². The summed E-state index contributed by atoms with van der Waals surface area (Å²) in [5.74, 6) is -0.00509. The molecule has 2 N–H and O–H groups in total. The van der Waals surface area contributed by atoms with Crippen molar-refractivity contribution in [1.29, 1.82) is 0 Å². The van der Waals surface area contributed by atoms with Crippen molar-refractivity contribution in [2.24, 2.45) is 5.41 Å². The van der Waals surface area contributed by atoms with Crippen LogP contribution < -0.4 is 0 Å². The lowest BCUT2D eigenvalue weighted by molar-refractivity contribution is -0.158. The van der Waals surface area contributed by atoms with Crippen LogP contribution in [-0.4, -0.2) is 30.6 Å². The summed E-state index contributed by atoms with van der Waals surface area (Å²) in [6.45, 7) is 8.13. The Morgan fingerprint density at radius 2 is 2.17 bits per heavy atom. The van der Waals surface area contributed by atoms with Crippen molar-refractivity contribution in [2.75, 3.05) is 0 Å². The Morgan fingerprint density at radius 1 is 1.56 bits per heavy atom. The number of rotatable bonds is 5. The second-order valence-corrected chi connectivity index (χ2v) is 10.4. The summed E-state index contributed by atoms with van der Waals surface area (Å²) in [5.41, 5.74) is -1.03. The minimum absolute atomic E-state index is 0.358. The first kappa shape index (κ1) is 15.2. The Bertz CT molecular complexity index is 345. The molecule has 18 heavy (non-hydrogen) atoms. The van der Waals surface area contributed by atoms with Gasteiger partial charge in [-0.05, 0) is 45.0 Å². The van der Waals surface area contributed by atoms with Gasteiger partial charge in [0.25, 0.3) is 0 Å². The minimum atomic E-state index is -1.63. The molecule has 0 heterocycles. The van der Waals surface area contributed by atoms with Crippen LogP contribution in [0.3, 0.4) is 0 Å². The number of aliphatic hydroxyl groups is 1. The maximum absolute atomic E-state index is 11.4. The second kappa shape index (κ2) is 5.44. The molecule has 0 aromatic carbocycles. The SMILES string of the molecule is CCC(O)C1(C(=O)O)CC=C(O[Si](C)(C)C)CC1. The van der Waals surface area contributed by atoms with Crippen LogP contribution in [-0.2, 0) is 9.22 Å². The molecule has 0 aromatic heterocycles. The number of aliphatic hydroxyl groups excluding tert-OH is 1. The van der Waals surface area contributed by atoms with Gasteiger partial charge in [0.1, 0.15) is 0 Å². The Balaban J connectivity index is 2.83. The molecule has 0 saturated heterocycles. The van der Waals surface area contributed by atoms with Crippen LogP contribution in [0.25, 0.3) is 0 Å². The summed E-state index contributed by atoms with van der Waals surface area (Å²) in [6.07, 6.45) is 2.94. The van der Waals surface area contributed by atoms with Crippen LogP contribution in [0.4, 0.5) is 0 Å². The van der Waals surface area contributed by atoms with Crippen LogP contribution in [0.2, 0.25) is 19.6 Å². The van der Waals surface area contributed by atoms with E-state index < -0.39 is 25.8 Å². The van der Waals surface area contributed by atoms with Crippen molar-refractivity contribution < 1.29 is 19.4 Å². The van der Waals surface area contributed by atoms with Gasteiger partial charge in [0.2, 0.25) is 8.32 Å². The Hall–Kier alpha value is -0.813. The van der Waals surface area contributed by atoms with Crippen molar-refractivity contribution in [1.82, 2.24) is 0 Å². The molecule has 1 rings (SSSR count). The van der Waals surface area contributed by atoms with Crippen molar-refractivity contribution in [2.45, 2.75) is 58.4 Å². The lowest BCUT2D eigenvalue weighted by Gasteiger charge is -2.37. The third-order valence-electron chi connectivity index (χ3n) is 3.40. The number of allylic oxidation sites excluding steroid dienone is 2. The summed E-state index contributed by atoms with van der Waals surface area (Å²) in [5, 5.41) is 19.4. The average molecular weight is 272 g/mol. The maximum Gasteiger partial charge on any atom is 0.312 e. The fraction of sp³-hybridized carbons (Fsp3) is 0.769. The lowest BCUT2D eigenvalue weighted by Crippen LogP contribution is -2.43. The van der Waals surface area contributed by atoms with Gasteiger partial charge in [0.05, 0.1) is 17.3 Å². The summed E-state index contributed by atoms with van der Waals surface area (Å²) >= 11 is 0. The minimum Gasteiger partial charge on any atom is -0.548 e. The third kappa shape index (κ3) is 3.35. The van der Waals surface area contributed by atoms with Crippen molar-refractivity contribution >= 4 is 14.3 Å². The Morgan fingerprint density at radius 3 is 2.50 bits per heavy atom. The first-order chi connectivity index (χ1) is 8.21. The molecule has 1 aliphatic rings. The zero-order valence-corrected chi connectivity index (χ0v) is 12.7. The molecule has 0 saturated carbocycles. The van der Waals surface area contributed by atoms with E-state index in [2.05, 4.69) is 19.6 Å². The molecule has 104 valence electrons. The number of carbonyl (C=O) groups is 1. The molecule has 0 fully saturated rings. The summed E-state index contributed by atoms with van der Waals surface area (Å²) in [4.78, 5) is 11.4. The number of hydrogen-bond acceptors (Lipinski definition) is 3. The fourth-order valence-electron chi connectivity index (χ4n) is 2.36. The highest BCUT2D eigenvalue weighted by molar-refractivity contribution is 6.70. The third-order valence-corrected chi connectivity index (χ3v) is 4.27. The zero-order valence-electron chi connectivity index (χ0n) is 11.7. The van der Waals surface area contributed by atoms with Gasteiger partial charge in [-0.25, -0.2) is 0 Å². The van der Waals surface area contributed by atoms with E-state index in [0.29, 0.717) is 25.7 Å². The Kier molecular flexibility index (Phi) is 4.61. The topological polar surface area (TPSA) is 66.8 Å². The quantitative estimate of drug-likeness (QED) is 0.755. The number of aliphatic carboxylic acids is 1. The highest BCUT2D eigenvalue weighted by Crippen LogP contribution is 2.40. The molecule has 4 nitrogen and oxygen atoms in total. The molecule has 0 amide bonds. The lowest BCUT2D eigenvalue weighted by atomic mass is 9.71. The van der Waals surface area contributed by atoms with E-state index in [1.807, 2.05) is 13.0 Å². The molecule has 2 unspecified atom stereocenters. The molecule has 0 bridgehead atoms. The fourth-order valence-corrected chi connectivity index (χ4v) is 3.33. The standard InChI is InChI=1S/C13H24O4Si/c1-5-11(14)13(12(15)16)8-6-10(7-9-13)17-18(2,3)4/h6,11,14H,5,7-9H2,1-4H3,(H,15,16). The largest absolute Gasteiger partial charge is 0.548 e. The van der Waals surface area contributed by atoms with Crippen LogP contribution >= 0.6 is 0 Å². The summed E-state index contributed by atoms with van der Waals surface area (Å²) < 4.78 is 5.89. The first-order valence-electron chi connectivity index (χ1n) is 6.51. The van der Waals surface area contributed by atoms with Crippen LogP contribution in [0, 0.1) is 5.41 Å². The van der Waals surface area contributed by atoms with Gasteiger partial charge in [0, 0.05) is 6.42 Å². The highest BCUT2D eigenvalue weighted by atomic mass is 28.4. The van der Waals surface area contributed by atoms with E-state index in [4.69, 9.17) is 4.43 Å². The predicted molar refractivity (Wildman–Crippen MR) is 72.7 cm³/mol. The molecule has 0 aromatic rings. The van der Waals surface area contributed by atoms with Gasteiger partial charge in [0.15, 0.2) is 0 Å². The molecule has 5 heteroatoms. The number of carboxylic acids is 1. The summed E-state index contributed by atoms with van der Waals surface area (Å²) in [7, 11) is -1.63. The normalized spacial score (nSPS) is 26.4. The second-order valence-electron chi connectivity index (χ2n) is 5.97. The van der Waals surface area contributed by atoms with Crippen molar-refractivity contribution in [3.8, 4) is 0 Å².